The van der Waals surface area contributed by atoms with Crippen LogP contribution in [0.2, 0.25) is 8.67 Å². The molecule has 0 radical (unpaired) electrons. The lowest BCUT2D eigenvalue weighted by Crippen LogP contribution is -2.18. The van der Waals surface area contributed by atoms with Gasteiger partial charge in [0.2, 0.25) is 0 Å². The lowest BCUT2D eigenvalue weighted by Gasteiger charge is -2.19. The molecule has 1 aromatic carbocycles. The number of halogens is 2. The summed E-state index contributed by atoms with van der Waals surface area (Å²) in [6.45, 7) is 4.21. The van der Waals surface area contributed by atoms with Gasteiger partial charge in [0.25, 0.3) is 0 Å². The highest BCUT2D eigenvalue weighted by molar-refractivity contribution is 7.20. The van der Waals surface area contributed by atoms with Crippen molar-refractivity contribution in [2.45, 2.75) is 19.9 Å². The van der Waals surface area contributed by atoms with Crippen molar-refractivity contribution < 1.29 is 0 Å². The van der Waals surface area contributed by atoms with Crippen LogP contribution in [-0.2, 0) is 0 Å². The summed E-state index contributed by atoms with van der Waals surface area (Å²) in [5, 5.41) is 3.32. The predicted molar refractivity (Wildman–Crippen MR) is 81.2 cm³/mol. The maximum atomic E-state index is 6.25. The molecule has 96 valence electrons. The Bertz CT molecular complexity index is 563. The summed E-state index contributed by atoms with van der Waals surface area (Å²) < 4.78 is 1.47. The first-order valence-electron chi connectivity index (χ1n) is 5.72. The van der Waals surface area contributed by atoms with E-state index in [4.69, 9.17) is 23.2 Å². The molecule has 0 saturated heterocycles. The Morgan fingerprint density at radius 2 is 1.83 bits per heavy atom. The molecule has 1 N–H and O–H groups in total. The monoisotopic (exact) mass is 299 g/mol. The van der Waals surface area contributed by atoms with Crippen molar-refractivity contribution in [3.8, 4) is 0 Å². The normalized spacial score (nSPS) is 12.7. The van der Waals surface area contributed by atoms with E-state index in [1.165, 1.54) is 28.0 Å². The van der Waals surface area contributed by atoms with Crippen molar-refractivity contribution in [2.24, 2.45) is 0 Å². The van der Waals surface area contributed by atoms with Crippen molar-refractivity contribution in [1.29, 1.82) is 0 Å². The topological polar surface area (TPSA) is 12.0 Å². The first kappa shape index (κ1) is 13.9. The second kappa shape index (κ2) is 5.62. The van der Waals surface area contributed by atoms with Crippen LogP contribution >= 0.6 is 34.5 Å². The second-order valence-corrected chi connectivity index (χ2v) is 6.65. The zero-order valence-corrected chi connectivity index (χ0v) is 12.9. The molecular formula is C14H15Cl2NS. The maximum absolute atomic E-state index is 6.25. The average Bonchev–Trinajstić information content (AvgIpc) is 2.64. The highest BCUT2D eigenvalue weighted by Gasteiger charge is 2.19. The first-order chi connectivity index (χ1) is 8.52. The Balaban J connectivity index is 2.51. The van der Waals surface area contributed by atoms with Gasteiger partial charge in [-0.3, -0.25) is 0 Å². The lowest BCUT2D eigenvalue weighted by molar-refractivity contribution is 0.689. The van der Waals surface area contributed by atoms with E-state index in [0.29, 0.717) is 0 Å². The fraction of sp³-hybridized carbons (Fsp3) is 0.286. The van der Waals surface area contributed by atoms with Crippen LogP contribution in [0, 0.1) is 13.8 Å². The van der Waals surface area contributed by atoms with Gasteiger partial charge in [0.05, 0.1) is 14.7 Å². The Morgan fingerprint density at radius 1 is 1.11 bits per heavy atom. The standard InChI is InChI=1S/C14H15Cl2NS/c1-8-4-5-9(2)10(6-8)13(17-3)11-7-12(15)18-14(11)16/h4-7,13,17H,1-3H3. The summed E-state index contributed by atoms with van der Waals surface area (Å²) in [6.07, 6.45) is 0. The Kier molecular flexibility index (Phi) is 4.33. The van der Waals surface area contributed by atoms with Gasteiger partial charge in [0.15, 0.2) is 0 Å². The van der Waals surface area contributed by atoms with Gasteiger partial charge in [-0.15, -0.1) is 11.3 Å². The number of thiophene rings is 1. The highest BCUT2D eigenvalue weighted by Crippen LogP contribution is 2.38. The molecule has 0 aliphatic heterocycles. The molecule has 1 atom stereocenters. The minimum Gasteiger partial charge on any atom is -0.309 e. The lowest BCUT2D eigenvalue weighted by atomic mass is 9.95. The van der Waals surface area contributed by atoms with Crippen molar-refractivity contribution >= 4 is 34.5 Å². The SMILES string of the molecule is CNC(c1cc(C)ccc1C)c1cc(Cl)sc1Cl. The van der Waals surface area contributed by atoms with Crippen LogP contribution < -0.4 is 5.32 Å². The second-order valence-electron chi connectivity index (χ2n) is 4.36. The summed E-state index contributed by atoms with van der Waals surface area (Å²) in [5.41, 5.74) is 4.78. The molecule has 0 aliphatic rings. The predicted octanol–water partition coefficient (Wildman–Crippen LogP) is 4.98. The third-order valence-corrected chi connectivity index (χ3v) is 4.55. The van der Waals surface area contributed by atoms with Crippen molar-refractivity contribution in [3.63, 3.8) is 0 Å². The van der Waals surface area contributed by atoms with E-state index < -0.39 is 0 Å². The van der Waals surface area contributed by atoms with Gasteiger partial charge in [-0.25, -0.2) is 0 Å². The highest BCUT2D eigenvalue weighted by atomic mass is 35.5. The summed E-state index contributed by atoms with van der Waals surface area (Å²) in [6, 6.07) is 8.47. The van der Waals surface area contributed by atoms with E-state index in [9.17, 15) is 0 Å². The molecule has 1 heterocycles. The van der Waals surface area contributed by atoms with Crippen LogP contribution in [0.25, 0.3) is 0 Å². The Hall–Kier alpha value is -0.540. The van der Waals surface area contributed by atoms with Crippen molar-refractivity contribution in [3.05, 3.63) is 55.2 Å². The number of aryl methyl sites for hydroxylation is 2. The molecular weight excluding hydrogens is 285 g/mol. The van der Waals surface area contributed by atoms with Crippen LogP contribution in [0.3, 0.4) is 0 Å². The van der Waals surface area contributed by atoms with E-state index in [0.717, 1.165) is 14.2 Å². The van der Waals surface area contributed by atoms with Gasteiger partial charge in [-0.2, -0.15) is 0 Å². The number of hydrogen-bond donors (Lipinski definition) is 1. The number of hydrogen-bond acceptors (Lipinski definition) is 2. The van der Waals surface area contributed by atoms with Gasteiger partial charge in [-0.05, 0) is 38.1 Å². The molecule has 2 rings (SSSR count). The van der Waals surface area contributed by atoms with E-state index in [1.54, 1.807) is 0 Å². The molecule has 0 aliphatic carbocycles. The first-order valence-corrected chi connectivity index (χ1v) is 7.29. The van der Waals surface area contributed by atoms with Crippen LogP contribution in [0.1, 0.15) is 28.3 Å². The fourth-order valence-corrected chi connectivity index (χ4v) is 3.63. The van der Waals surface area contributed by atoms with Gasteiger partial charge in [-0.1, -0.05) is 47.0 Å². The van der Waals surface area contributed by atoms with Crippen LogP contribution in [0.5, 0.6) is 0 Å². The number of rotatable bonds is 3. The molecule has 0 fully saturated rings. The van der Waals surface area contributed by atoms with Crippen LogP contribution in [0.15, 0.2) is 24.3 Å². The molecule has 4 heteroatoms. The zero-order valence-electron chi connectivity index (χ0n) is 10.6. The summed E-state index contributed by atoms with van der Waals surface area (Å²) in [5.74, 6) is 0. The van der Waals surface area contributed by atoms with E-state index in [2.05, 4.69) is 37.4 Å². The minimum atomic E-state index is 0.0844. The molecule has 1 unspecified atom stereocenters. The molecule has 0 amide bonds. The summed E-state index contributed by atoms with van der Waals surface area (Å²) >= 11 is 13.7. The third-order valence-electron chi connectivity index (χ3n) is 3.03. The quantitative estimate of drug-likeness (QED) is 0.843. The molecule has 0 bridgehead atoms. The summed E-state index contributed by atoms with van der Waals surface area (Å²) in [7, 11) is 1.94. The fourth-order valence-electron chi connectivity index (χ4n) is 2.10. The van der Waals surface area contributed by atoms with E-state index in [-0.39, 0.29) is 6.04 Å². The van der Waals surface area contributed by atoms with Gasteiger partial charge < -0.3 is 5.32 Å². The maximum Gasteiger partial charge on any atom is 0.0995 e. The molecule has 2 aromatic rings. The molecule has 18 heavy (non-hydrogen) atoms. The molecule has 0 spiro atoms. The smallest absolute Gasteiger partial charge is 0.0995 e. The van der Waals surface area contributed by atoms with Gasteiger partial charge in [0.1, 0.15) is 0 Å². The average molecular weight is 300 g/mol. The van der Waals surface area contributed by atoms with Crippen LogP contribution in [0.4, 0.5) is 0 Å². The van der Waals surface area contributed by atoms with Crippen molar-refractivity contribution in [2.75, 3.05) is 7.05 Å². The van der Waals surface area contributed by atoms with Gasteiger partial charge >= 0.3 is 0 Å². The minimum absolute atomic E-state index is 0.0844. The molecule has 1 nitrogen and oxygen atoms in total. The largest absolute Gasteiger partial charge is 0.309 e. The Labute approximate surface area is 122 Å². The zero-order chi connectivity index (χ0) is 13.3. The Morgan fingerprint density at radius 3 is 2.39 bits per heavy atom. The number of nitrogens with one attached hydrogen (secondary N) is 1. The van der Waals surface area contributed by atoms with E-state index in [1.807, 2.05) is 13.1 Å². The number of benzene rings is 1. The molecule has 0 saturated carbocycles. The summed E-state index contributed by atoms with van der Waals surface area (Å²) in [4.78, 5) is 0. The van der Waals surface area contributed by atoms with Gasteiger partial charge in [0, 0.05) is 5.56 Å². The van der Waals surface area contributed by atoms with Crippen molar-refractivity contribution in [1.82, 2.24) is 5.32 Å². The molecule has 1 aromatic heterocycles. The van der Waals surface area contributed by atoms with Crippen LogP contribution in [-0.4, -0.2) is 7.05 Å². The third kappa shape index (κ3) is 2.72. The van der Waals surface area contributed by atoms with E-state index >= 15 is 0 Å².